The van der Waals surface area contributed by atoms with Gasteiger partial charge in [-0.2, -0.15) is 0 Å². The molecule has 0 saturated carbocycles. The van der Waals surface area contributed by atoms with E-state index < -0.39 is 6.04 Å². The first-order valence-electron chi connectivity index (χ1n) is 10.7. The molecule has 0 unspecified atom stereocenters. The fourth-order valence-corrected chi connectivity index (χ4v) is 3.47. The minimum Gasteiger partial charge on any atom is -0.483 e. The van der Waals surface area contributed by atoms with Crippen molar-refractivity contribution in [2.75, 3.05) is 6.61 Å². The predicted octanol–water partition coefficient (Wildman–Crippen LogP) is 5.09. The summed E-state index contributed by atoms with van der Waals surface area (Å²) in [7, 11) is 0. The molecule has 1 N–H and O–H groups in total. The van der Waals surface area contributed by atoms with Gasteiger partial charge >= 0.3 is 0 Å². The van der Waals surface area contributed by atoms with Crippen LogP contribution in [0, 0.1) is 20.8 Å². The summed E-state index contributed by atoms with van der Waals surface area (Å²) in [5.41, 5.74) is 4.16. The van der Waals surface area contributed by atoms with Crippen LogP contribution in [0.1, 0.15) is 49.4 Å². The molecule has 0 aliphatic heterocycles. The van der Waals surface area contributed by atoms with E-state index in [9.17, 15) is 9.59 Å². The number of amides is 2. The van der Waals surface area contributed by atoms with Crippen molar-refractivity contribution in [3.8, 4) is 5.75 Å². The first-order valence-corrected chi connectivity index (χ1v) is 11.5. The van der Waals surface area contributed by atoms with E-state index in [1.54, 1.807) is 11.8 Å². The van der Waals surface area contributed by atoms with E-state index in [2.05, 4.69) is 27.3 Å². The molecule has 31 heavy (non-hydrogen) atoms. The number of nitrogens with one attached hydrogen (secondary N) is 1. The molecule has 2 atom stereocenters. The lowest BCUT2D eigenvalue weighted by Gasteiger charge is -2.29. The van der Waals surface area contributed by atoms with Gasteiger partial charge in [-0.15, -0.1) is 0 Å². The Labute approximate surface area is 194 Å². The molecule has 0 bridgehead atoms. The molecule has 0 heterocycles. The SMILES string of the molecule is CC[C@H](C)NC(=O)[C@@H](C)N(Cc1ccc(Br)cc1)C(=O)COc1cc(C)cc(C)c1C. The molecule has 2 aromatic rings. The summed E-state index contributed by atoms with van der Waals surface area (Å²) in [4.78, 5) is 27.5. The number of hydrogen-bond donors (Lipinski definition) is 1. The number of rotatable bonds is 9. The highest BCUT2D eigenvalue weighted by molar-refractivity contribution is 9.10. The summed E-state index contributed by atoms with van der Waals surface area (Å²) in [6.07, 6.45) is 0.828. The van der Waals surface area contributed by atoms with Crippen molar-refractivity contribution in [3.05, 3.63) is 63.1 Å². The maximum Gasteiger partial charge on any atom is 0.261 e. The molecule has 2 rings (SSSR count). The summed E-state index contributed by atoms with van der Waals surface area (Å²) in [6.45, 7) is 11.9. The highest BCUT2D eigenvalue weighted by atomic mass is 79.9. The molecule has 0 saturated heterocycles. The van der Waals surface area contributed by atoms with Gasteiger partial charge < -0.3 is 15.0 Å². The van der Waals surface area contributed by atoms with Crippen molar-refractivity contribution in [1.29, 1.82) is 0 Å². The molecular formula is C25H33BrN2O3. The van der Waals surface area contributed by atoms with E-state index in [0.717, 1.165) is 33.1 Å². The van der Waals surface area contributed by atoms with Gasteiger partial charge in [0, 0.05) is 17.1 Å². The van der Waals surface area contributed by atoms with Crippen LogP contribution in [-0.4, -0.2) is 35.4 Å². The molecule has 0 aliphatic carbocycles. The Hall–Kier alpha value is -2.34. The van der Waals surface area contributed by atoms with Crippen LogP contribution >= 0.6 is 15.9 Å². The van der Waals surface area contributed by atoms with Crippen LogP contribution in [0.3, 0.4) is 0 Å². The van der Waals surface area contributed by atoms with Gasteiger partial charge in [0.25, 0.3) is 5.91 Å². The second-order valence-electron chi connectivity index (χ2n) is 8.14. The van der Waals surface area contributed by atoms with E-state index in [4.69, 9.17) is 4.74 Å². The van der Waals surface area contributed by atoms with E-state index >= 15 is 0 Å². The highest BCUT2D eigenvalue weighted by Crippen LogP contribution is 2.23. The summed E-state index contributed by atoms with van der Waals surface area (Å²) >= 11 is 3.43. The molecule has 0 spiro atoms. The Morgan fingerprint density at radius 1 is 1.10 bits per heavy atom. The number of nitrogens with zero attached hydrogens (tertiary/aromatic N) is 1. The highest BCUT2D eigenvalue weighted by Gasteiger charge is 2.27. The number of benzene rings is 2. The minimum atomic E-state index is -0.617. The first kappa shape index (κ1) is 24.9. The summed E-state index contributed by atoms with van der Waals surface area (Å²) in [5.74, 6) is 0.307. The second-order valence-corrected chi connectivity index (χ2v) is 9.05. The molecule has 2 amide bonds. The fourth-order valence-electron chi connectivity index (χ4n) is 3.21. The quantitative estimate of drug-likeness (QED) is 0.534. The van der Waals surface area contributed by atoms with Crippen LogP contribution in [0.4, 0.5) is 0 Å². The predicted molar refractivity (Wildman–Crippen MR) is 128 cm³/mol. The molecule has 2 aromatic carbocycles. The van der Waals surface area contributed by atoms with E-state index in [0.29, 0.717) is 12.3 Å². The molecule has 0 radical (unpaired) electrons. The van der Waals surface area contributed by atoms with Crippen molar-refractivity contribution in [3.63, 3.8) is 0 Å². The molecule has 168 valence electrons. The van der Waals surface area contributed by atoms with E-state index in [-0.39, 0.29) is 24.5 Å². The van der Waals surface area contributed by atoms with Crippen LogP contribution in [0.15, 0.2) is 40.9 Å². The van der Waals surface area contributed by atoms with Crippen LogP contribution < -0.4 is 10.1 Å². The Morgan fingerprint density at radius 2 is 1.74 bits per heavy atom. The van der Waals surface area contributed by atoms with Crippen molar-refractivity contribution in [1.82, 2.24) is 10.2 Å². The summed E-state index contributed by atoms with van der Waals surface area (Å²) < 4.78 is 6.86. The molecular weight excluding hydrogens is 456 g/mol. The zero-order valence-electron chi connectivity index (χ0n) is 19.3. The Balaban J connectivity index is 2.20. The topological polar surface area (TPSA) is 58.6 Å². The third-order valence-electron chi connectivity index (χ3n) is 5.55. The van der Waals surface area contributed by atoms with Gasteiger partial charge in [0.05, 0.1) is 0 Å². The number of halogens is 1. The number of aryl methyl sites for hydroxylation is 2. The van der Waals surface area contributed by atoms with Crippen molar-refractivity contribution in [2.24, 2.45) is 0 Å². The number of carbonyl (C=O) groups excluding carboxylic acids is 2. The molecule has 0 aliphatic rings. The minimum absolute atomic E-state index is 0.0498. The third-order valence-corrected chi connectivity index (χ3v) is 6.08. The van der Waals surface area contributed by atoms with Crippen LogP contribution in [-0.2, 0) is 16.1 Å². The van der Waals surface area contributed by atoms with Gasteiger partial charge in [0.2, 0.25) is 5.91 Å². The van der Waals surface area contributed by atoms with Crippen LogP contribution in [0.2, 0.25) is 0 Å². The molecule has 0 fully saturated rings. The molecule has 6 heteroatoms. The van der Waals surface area contributed by atoms with Gasteiger partial charge in [-0.05, 0) is 81.5 Å². The Bertz CT molecular complexity index is 912. The maximum atomic E-state index is 13.2. The Morgan fingerprint density at radius 3 is 2.35 bits per heavy atom. The second kappa shape index (κ2) is 11.3. The van der Waals surface area contributed by atoms with Crippen molar-refractivity contribution in [2.45, 2.75) is 66.6 Å². The average molecular weight is 489 g/mol. The lowest BCUT2D eigenvalue weighted by molar-refractivity contribution is -0.142. The van der Waals surface area contributed by atoms with Gasteiger partial charge in [-0.25, -0.2) is 0 Å². The summed E-state index contributed by atoms with van der Waals surface area (Å²) in [6, 6.07) is 11.2. The van der Waals surface area contributed by atoms with E-state index in [1.165, 1.54) is 0 Å². The number of carbonyl (C=O) groups is 2. The monoisotopic (exact) mass is 488 g/mol. The smallest absolute Gasteiger partial charge is 0.261 e. The van der Waals surface area contributed by atoms with Crippen molar-refractivity contribution < 1.29 is 14.3 Å². The average Bonchev–Trinajstić information content (AvgIpc) is 2.73. The van der Waals surface area contributed by atoms with Gasteiger partial charge in [-0.3, -0.25) is 9.59 Å². The van der Waals surface area contributed by atoms with Crippen LogP contribution in [0.5, 0.6) is 5.75 Å². The van der Waals surface area contributed by atoms with Gasteiger partial charge in [-0.1, -0.05) is 41.1 Å². The molecule has 0 aromatic heterocycles. The summed E-state index contributed by atoms with van der Waals surface area (Å²) in [5, 5.41) is 2.98. The molecule has 5 nitrogen and oxygen atoms in total. The number of hydrogen-bond acceptors (Lipinski definition) is 3. The fraction of sp³-hybridized carbons (Fsp3) is 0.440. The maximum absolute atomic E-state index is 13.2. The lowest BCUT2D eigenvalue weighted by atomic mass is 10.1. The Kier molecular flexibility index (Phi) is 9.11. The van der Waals surface area contributed by atoms with Gasteiger partial charge in [0.1, 0.15) is 11.8 Å². The largest absolute Gasteiger partial charge is 0.483 e. The third kappa shape index (κ3) is 7.10. The van der Waals surface area contributed by atoms with Crippen molar-refractivity contribution >= 4 is 27.7 Å². The van der Waals surface area contributed by atoms with Gasteiger partial charge in [0.15, 0.2) is 6.61 Å². The van der Waals surface area contributed by atoms with E-state index in [1.807, 2.05) is 65.0 Å². The number of ether oxygens (including phenoxy) is 1. The zero-order chi connectivity index (χ0) is 23.1. The van der Waals surface area contributed by atoms with Crippen LogP contribution in [0.25, 0.3) is 0 Å². The zero-order valence-corrected chi connectivity index (χ0v) is 20.9. The first-order chi connectivity index (χ1) is 14.6. The lowest BCUT2D eigenvalue weighted by Crippen LogP contribution is -2.50. The normalized spacial score (nSPS) is 12.7. The standard InChI is InChI=1S/C25H33BrN2O3/c1-7-18(4)27-25(30)20(6)28(14-21-8-10-22(26)11-9-21)24(29)15-31-23-13-16(2)12-17(3)19(23)5/h8-13,18,20H,7,14-15H2,1-6H3,(H,27,30)/t18-,20+/m0/s1.